The molecule has 0 aliphatic rings. The molecule has 0 heterocycles. The fourth-order valence-electron chi connectivity index (χ4n) is 1.66. The van der Waals surface area contributed by atoms with Crippen LogP contribution in [0.3, 0.4) is 0 Å². The molecular weight excluding hydrogens is 274 g/mol. The number of hydrogen-bond acceptors (Lipinski definition) is 4. The van der Waals surface area contributed by atoms with Crippen LogP contribution >= 0.6 is 0 Å². The van der Waals surface area contributed by atoms with Crippen molar-refractivity contribution < 1.29 is 24.2 Å². The fourth-order valence-corrected chi connectivity index (χ4v) is 1.66. The first-order valence-corrected chi connectivity index (χ1v) is 6.30. The normalized spacial score (nSPS) is 11.4. The van der Waals surface area contributed by atoms with E-state index >= 15 is 0 Å². The Bertz CT molecular complexity index is 577. The van der Waals surface area contributed by atoms with Gasteiger partial charge in [-0.3, -0.25) is 4.79 Å². The van der Waals surface area contributed by atoms with Crippen molar-refractivity contribution in [3.05, 3.63) is 34.9 Å². The summed E-state index contributed by atoms with van der Waals surface area (Å²) in [4.78, 5) is 22.7. The third-order valence-corrected chi connectivity index (χ3v) is 3.15. The Kier molecular flexibility index (Phi) is 5.78. The number of carbonyl (C=O) groups is 2. The van der Waals surface area contributed by atoms with Crippen molar-refractivity contribution in [2.75, 3.05) is 14.2 Å². The molecule has 21 heavy (non-hydrogen) atoms. The Hall–Kier alpha value is -2.50. The predicted molar refractivity (Wildman–Crippen MR) is 77.4 cm³/mol. The van der Waals surface area contributed by atoms with Gasteiger partial charge in [-0.25, -0.2) is 4.79 Å². The van der Waals surface area contributed by atoms with Crippen molar-refractivity contribution in [1.29, 1.82) is 0 Å². The van der Waals surface area contributed by atoms with E-state index in [0.29, 0.717) is 11.5 Å². The minimum atomic E-state index is -1.11. The van der Waals surface area contributed by atoms with Crippen molar-refractivity contribution >= 4 is 11.9 Å². The standard InChI is InChI=1S/C15H19NO5/c1-9(10(2)15(18)19)14(17)16-8-11-7-12(20-3)5-6-13(11)21-4/h5-7H,8H2,1-4H3,(H,16,17)(H,18,19). The highest BCUT2D eigenvalue weighted by molar-refractivity contribution is 6.01. The van der Waals surface area contributed by atoms with E-state index in [0.717, 1.165) is 5.56 Å². The number of aliphatic carboxylic acids is 1. The molecule has 1 amide bonds. The minimum absolute atomic E-state index is 0.0186. The smallest absolute Gasteiger partial charge is 0.331 e. The Balaban J connectivity index is 2.86. The van der Waals surface area contributed by atoms with E-state index in [1.54, 1.807) is 25.3 Å². The summed E-state index contributed by atoms with van der Waals surface area (Å²) in [6, 6.07) is 5.25. The molecule has 6 nitrogen and oxygen atoms in total. The summed E-state index contributed by atoms with van der Waals surface area (Å²) in [6.45, 7) is 3.08. The number of nitrogens with one attached hydrogen (secondary N) is 1. The maximum absolute atomic E-state index is 11.9. The number of ether oxygens (including phenoxy) is 2. The first kappa shape index (κ1) is 16.6. The van der Waals surface area contributed by atoms with Gasteiger partial charge in [0.05, 0.1) is 14.2 Å². The molecule has 0 saturated carbocycles. The van der Waals surface area contributed by atoms with Crippen LogP contribution in [0.25, 0.3) is 0 Å². The highest BCUT2D eigenvalue weighted by Crippen LogP contribution is 2.23. The van der Waals surface area contributed by atoms with Crippen molar-refractivity contribution in [1.82, 2.24) is 5.32 Å². The summed E-state index contributed by atoms with van der Waals surface area (Å²) >= 11 is 0. The number of carbonyl (C=O) groups excluding carboxylic acids is 1. The van der Waals surface area contributed by atoms with Crippen LogP contribution in [0.2, 0.25) is 0 Å². The van der Waals surface area contributed by atoms with E-state index in [1.165, 1.54) is 21.0 Å². The minimum Gasteiger partial charge on any atom is -0.497 e. The number of amides is 1. The lowest BCUT2D eigenvalue weighted by atomic mass is 10.1. The summed E-state index contributed by atoms with van der Waals surface area (Å²) in [5, 5.41) is 11.5. The number of rotatable bonds is 6. The maximum Gasteiger partial charge on any atom is 0.331 e. The lowest BCUT2D eigenvalue weighted by Crippen LogP contribution is -2.25. The quantitative estimate of drug-likeness (QED) is 0.780. The monoisotopic (exact) mass is 293 g/mol. The molecule has 0 spiro atoms. The molecule has 0 aliphatic carbocycles. The molecule has 0 aromatic heterocycles. The SMILES string of the molecule is COc1ccc(OC)c(CNC(=O)C(C)=C(C)C(=O)O)c1. The van der Waals surface area contributed by atoms with Crippen molar-refractivity contribution in [2.45, 2.75) is 20.4 Å². The van der Waals surface area contributed by atoms with Gasteiger partial charge in [0.2, 0.25) is 5.91 Å². The van der Waals surface area contributed by atoms with Gasteiger partial charge in [-0.1, -0.05) is 0 Å². The maximum atomic E-state index is 11.9. The van der Waals surface area contributed by atoms with Crippen molar-refractivity contribution in [2.24, 2.45) is 0 Å². The lowest BCUT2D eigenvalue weighted by molar-refractivity contribution is -0.133. The Labute approximate surface area is 123 Å². The second kappa shape index (κ2) is 7.33. The van der Waals surface area contributed by atoms with Gasteiger partial charge < -0.3 is 19.9 Å². The van der Waals surface area contributed by atoms with Crippen LogP contribution in [0.5, 0.6) is 11.5 Å². The van der Waals surface area contributed by atoms with E-state index in [4.69, 9.17) is 14.6 Å². The Morgan fingerprint density at radius 3 is 2.33 bits per heavy atom. The van der Waals surface area contributed by atoms with Crippen molar-refractivity contribution in [3.63, 3.8) is 0 Å². The van der Waals surface area contributed by atoms with Crippen LogP contribution in [0, 0.1) is 0 Å². The lowest BCUT2D eigenvalue weighted by Gasteiger charge is -2.12. The van der Waals surface area contributed by atoms with Gasteiger partial charge in [-0.15, -0.1) is 0 Å². The zero-order valence-corrected chi connectivity index (χ0v) is 12.5. The van der Waals surface area contributed by atoms with Gasteiger partial charge >= 0.3 is 5.97 Å². The van der Waals surface area contributed by atoms with E-state index in [2.05, 4.69) is 5.32 Å². The molecular formula is C15H19NO5. The van der Waals surface area contributed by atoms with Gasteiger partial charge in [-0.05, 0) is 32.0 Å². The van der Waals surface area contributed by atoms with Crippen LogP contribution in [0.15, 0.2) is 29.3 Å². The van der Waals surface area contributed by atoms with Crippen LogP contribution < -0.4 is 14.8 Å². The molecule has 1 aromatic carbocycles. The van der Waals surface area contributed by atoms with E-state index in [1.807, 2.05) is 0 Å². The van der Waals surface area contributed by atoms with Crippen molar-refractivity contribution in [3.8, 4) is 11.5 Å². The van der Waals surface area contributed by atoms with Gasteiger partial charge in [0, 0.05) is 23.3 Å². The number of methoxy groups -OCH3 is 2. The summed E-state index contributed by atoms with van der Waals surface area (Å²) < 4.78 is 10.3. The first-order valence-electron chi connectivity index (χ1n) is 6.30. The Morgan fingerprint density at radius 1 is 1.14 bits per heavy atom. The third kappa shape index (κ3) is 4.24. The molecule has 0 aliphatic heterocycles. The molecule has 0 saturated heterocycles. The van der Waals surface area contributed by atoms with Gasteiger partial charge in [0.25, 0.3) is 0 Å². The fraction of sp³-hybridized carbons (Fsp3) is 0.333. The van der Waals surface area contributed by atoms with Gasteiger partial charge in [-0.2, -0.15) is 0 Å². The first-order chi connectivity index (χ1) is 9.90. The third-order valence-electron chi connectivity index (χ3n) is 3.15. The van der Waals surface area contributed by atoms with E-state index < -0.39 is 11.9 Å². The molecule has 0 unspecified atom stereocenters. The topological polar surface area (TPSA) is 84.9 Å². The highest BCUT2D eigenvalue weighted by Gasteiger charge is 2.13. The largest absolute Gasteiger partial charge is 0.497 e. The average molecular weight is 293 g/mol. The van der Waals surface area contributed by atoms with Crippen LogP contribution in [0.4, 0.5) is 0 Å². The molecule has 2 N–H and O–H groups in total. The number of carboxylic acids is 1. The van der Waals surface area contributed by atoms with E-state index in [-0.39, 0.29) is 17.7 Å². The number of hydrogen-bond donors (Lipinski definition) is 2. The average Bonchev–Trinajstić information content (AvgIpc) is 2.50. The molecule has 1 rings (SSSR count). The predicted octanol–water partition coefficient (Wildman–Crippen LogP) is 1.74. The van der Waals surface area contributed by atoms with Crippen LogP contribution in [0.1, 0.15) is 19.4 Å². The number of benzene rings is 1. The molecule has 114 valence electrons. The molecule has 0 radical (unpaired) electrons. The summed E-state index contributed by atoms with van der Waals surface area (Å²) in [5.41, 5.74) is 0.931. The second-order valence-corrected chi connectivity index (χ2v) is 4.42. The summed E-state index contributed by atoms with van der Waals surface area (Å²) in [7, 11) is 3.08. The highest BCUT2D eigenvalue weighted by atomic mass is 16.5. The molecule has 6 heteroatoms. The van der Waals surface area contributed by atoms with Crippen LogP contribution in [-0.2, 0) is 16.1 Å². The molecule has 1 aromatic rings. The zero-order valence-electron chi connectivity index (χ0n) is 12.5. The van der Waals surface area contributed by atoms with Crippen LogP contribution in [-0.4, -0.2) is 31.2 Å². The second-order valence-electron chi connectivity index (χ2n) is 4.42. The zero-order chi connectivity index (χ0) is 16.0. The number of carboxylic acid groups (broad SMARTS) is 1. The Morgan fingerprint density at radius 2 is 1.81 bits per heavy atom. The summed E-state index contributed by atoms with van der Waals surface area (Å²) in [6.07, 6.45) is 0. The van der Waals surface area contributed by atoms with Gasteiger partial charge in [0.1, 0.15) is 11.5 Å². The summed E-state index contributed by atoms with van der Waals surface area (Å²) in [5.74, 6) is -0.275. The molecule has 0 atom stereocenters. The van der Waals surface area contributed by atoms with E-state index in [9.17, 15) is 9.59 Å². The molecule has 0 fully saturated rings. The van der Waals surface area contributed by atoms with Gasteiger partial charge in [0.15, 0.2) is 0 Å². The molecule has 0 bridgehead atoms.